The number of aromatic nitrogens is 3. The second-order valence-corrected chi connectivity index (χ2v) is 4.87. The van der Waals surface area contributed by atoms with Gasteiger partial charge in [0, 0.05) is 12.0 Å². The van der Waals surface area contributed by atoms with Crippen molar-refractivity contribution in [2.75, 3.05) is 0 Å². The molecule has 3 nitrogen and oxygen atoms in total. The minimum atomic E-state index is 0.366. The monoisotopic (exact) mass is 229 g/mol. The predicted octanol–water partition coefficient (Wildman–Crippen LogP) is 3.36. The number of hydrogen-bond donors (Lipinski definition) is 0. The van der Waals surface area contributed by atoms with Crippen molar-refractivity contribution in [3.63, 3.8) is 0 Å². The highest BCUT2D eigenvalue weighted by atomic mass is 35.5. The molecule has 4 heteroatoms. The minimum Gasteiger partial charge on any atom is -0.311 e. The molecule has 1 rings (SSSR count). The van der Waals surface area contributed by atoms with E-state index in [4.69, 9.17) is 11.6 Å². The number of halogens is 1. The number of nitrogens with zero attached hydrogens (tertiary/aromatic N) is 3. The van der Waals surface area contributed by atoms with Crippen molar-refractivity contribution < 1.29 is 0 Å². The highest BCUT2D eigenvalue weighted by Crippen LogP contribution is 2.25. The molecule has 0 aromatic carbocycles. The van der Waals surface area contributed by atoms with Gasteiger partial charge in [-0.05, 0) is 19.8 Å². The van der Waals surface area contributed by atoms with E-state index in [1.165, 1.54) is 0 Å². The molecular formula is C11H20ClN3. The molecule has 0 saturated heterocycles. The molecule has 1 atom stereocenters. The zero-order chi connectivity index (χ0) is 11.6. The maximum Gasteiger partial charge on any atom is 0.148 e. The summed E-state index contributed by atoms with van der Waals surface area (Å²) in [5.41, 5.74) is 0. The van der Waals surface area contributed by atoms with Crippen LogP contribution in [0.2, 0.25) is 0 Å². The molecule has 0 spiro atoms. The Kier molecular flexibility index (Phi) is 4.14. The molecule has 0 aliphatic carbocycles. The highest BCUT2D eigenvalue weighted by molar-refractivity contribution is 6.16. The van der Waals surface area contributed by atoms with E-state index in [9.17, 15) is 0 Å². The van der Waals surface area contributed by atoms with Crippen LogP contribution >= 0.6 is 11.6 Å². The van der Waals surface area contributed by atoms with Gasteiger partial charge in [-0.25, -0.2) is 0 Å². The summed E-state index contributed by atoms with van der Waals surface area (Å²) >= 11 is 5.85. The first-order chi connectivity index (χ1) is 6.99. The third kappa shape index (κ3) is 2.51. The summed E-state index contributed by atoms with van der Waals surface area (Å²) in [7, 11) is 0. The summed E-state index contributed by atoms with van der Waals surface area (Å²) in [6.07, 6.45) is 0. The predicted molar refractivity (Wildman–Crippen MR) is 63.2 cm³/mol. The molecule has 0 aliphatic heterocycles. The maximum atomic E-state index is 5.85. The molecule has 0 fully saturated rings. The van der Waals surface area contributed by atoms with Crippen LogP contribution in [0.25, 0.3) is 0 Å². The van der Waals surface area contributed by atoms with Crippen molar-refractivity contribution in [2.24, 2.45) is 5.92 Å². The lowest BCUT2D eigenvalue weighted by Crippen LogP contribution is -2.14. The SMILES string of the molecule is CC(C)C(C)c1nnc(CCl)n1C(C)C. The van der Waals surface area contributed by atoms with Crippen LogP contribution in [0.4, 0.5) is 0 Å². The molecule has 0 aliphatic rings. The van der Waals surface area contributed by atoms with Crippen molar-refractivity contribution in [1.82, 2.24) is 14.8 Å². The molecule has 0 bridgehead atoms. The van der Waals surface area contributed by atoms with E-state index in [-0.39, 0.29) is 0 Å². The van der Waals surface area contributed by atoms with Gasteiger partial charge in [-0.3, -0.25) is 0 Å². The molecule has 0 N–H and O–H groups in total. The van der Waals surface area contributed by atoms with E-state index >= 15 is 0 Å². The van der Waals surface area contributed by atoms with Crippen molar-refractivity contribution in [3.8, 4) is 0 Å². The van der Waals surface area contributed by atoms with Crippen LogP contribution in [0.3, 0.4) is 0 Å². The smallest absolute Gasteiger partial charge is 0.148 e. The Bertz CT molecular complexity index is 318. The van der Waals surface area contributed by atoms with Crippen LogP contribution in [0.1, 0.15) is 58.2 Å². The summed E-state index contributed by atoms with van der Waals surface area (Å²) in [4.78, 5) is 0. The van der Waals surface area contributed by atoms with Gasteiger partial charge < -0.3 is 4.57 Å². The zero-order valence-corrected chi connectivity index (χ0v) is 10.9. The first-order valence-electron chi connectivity index (χ1n) is 5.48. The molecule has 1 unspecified atom stereocenters. The van der Waals surface area contributed by atoms with Gasteiger partial charge >= 0.3 is 0 Å². The Balaban J connectivity index is 3.12. The van der Waals surface area contributed by atoms with Crippen molar-refractivity contribution >= 4 is 11.6 Å². The Labute approximate surface area is 96.8 Å². The van der Waals surface area contributed by atoms with Gasteiger partial charge in [0.05, 0.1) is 5.88 Å². The first kappa shape index (κ1) is 12.5. The molecular weight excluding hydrogens is 210 g/mol. The van der Waals surface area contributed by atoms with E-state index < -0.39 is 0 Å². The van der Waals surface area contributed by atoms with Gasteiger partial charge in [0.25, 0.3) is 0 Å². The average Bonchev–Trinajstić information content (AvgIpc) is 2.59. The number of rotatable bonds is 4. The minimum absolute atomic E-state index is 0.366. The van der Waals surface area contributed by atoms with Crippen LogP contribution in [0.15, 0.2) is 0 Å². The van der Waals surface area contributed by atoms with Crippen molar-refractivity contribution in [3.05, 3.63) is 11.6 Å². The van der Waals surface area contributed by atoms with E-state index in [1.807, 2.05) is 0 Å². The topological polar surface area (TPSA) is 30.7 Å². The fourth-order valence-corrected chi connectivity index (χ4v) is 1.78. The van der Waals surface area contributed by atoms with Gasteiger partial charge in [-0.1, -0.05) is 20.8 Å². The molecule has 0 amide bonds. The molecule has 86 valence electrons. The standard InChI is InChI=1S/C11H20ClN3/c1-7(2)9(5)11-14-13-10(6-12)15(11)8(3)4/h7-9H,6H2,1-5H3. The highest BCUT2D eigenvalue weighted by Gasteiger charge is 2.21. The van der Waals surface area contributed by atoms with Gasteiger partial charge in [0.1, 0.15) is 11.6 Å². The average molecular weight is 230 g/mol. The van der Waals surface area contributed by atoms with Gasteiger partial charge in [0.15, 0.2) is 0 Å². The molecule has 1 heterocycles. The Morgan fingerprint density at radius 1 is 1.13 bits per heavy atom. The van der Waals surface area contributed by atoms with Crippen molar-refractivity contribution in [1.29, 1.82) is 0 Å². The normalized spacial score (nSPS) is 13.9. The first-order valence-corrected chi connectivity index (χ1v) is 6.02. The van der Waals surface area contributed by atoms with E-state index in [0.717, 1.165) is 11.6 Å². The Hall–Kier alpha value is -0.570. The zero-order valence-electron chi connectivity index (χ0n) is 10.2. The summed E-state index contributed by atoms with van der Waals surface area (Å²) in [5, 5.41) is 8.40. The van der Waals surface area contributed by atoms with Gasteiger partial charge in [-0.15, -0.1) is 21.8 Å². The lowest BCUT2D eigenvalue weighted by Gasteiger charge is -2.19. The fourth-order valence-electron chi connectivity index (χ4n) is 1.60. The van der Waals surface area contributed by atoms with Crippen LogP contribution in [-0.4, -0.2) is 14.8 Å². The lowest BCUT2D eigenvalue weighted by molar-refractivity contribution is 0.458. The number of alkyl halides is 1. The summed E-state index contributed by atoms with van der Waals surface area (Å²) in [6, 6.07) is 0.366. The largest absolute Gasteiger partial charge is 0.311 e. The van der Waals surface area contributed by atoms with E-state index in [0.29, 0.717) is 23.8 Å². The van der Waals surface area contributed by atoms with Crippen LogP contribution in [-0.2, 0) is 5.88 Å². The second-order valence-electron chi connectivity index (χ2n) is 4.60. The third-order valence-electron chi connectivity index (χ3n) is 2.84. The summed E-state index contributed by atoms with van der Waals surface area (Å²) in [6.45, 7) is 10.9. The lowest BCUT2D eigenvalue weighted by atomic mass is 9.97. The molecule has 0 radical (unpaired) electrons. The molecule has 1 aromatic rings. The fraction of sp³-hybridized carbons (Fsp3) is 0.818. The summed E-state index contributed by atoms with van der Waals surface area (Å²) < 4.78 is 2.15. The van der Waals surface area contributed by atoms with Crippen molar-refractivity contribution in [2.45, 2.75) is 52.5 Å². The molecule has 15 heavy (non-hydrogen) atoms. The van der Waals surface area contributed by atoms with Gasteiger partial charge in [-0.2, -0.15) is 0 Å². The second kappa shape index (κ2) is 4.97. The van der Waals surface area contributed by atoms with E-state index in [2.05, 4.69) is 49.4 Å². The Morgan fingerprint density at radius 2 is 1.73 bits per heavy atom. The Morgan fingerprint density at radius 3 is 2.13 bits per heavy atom. The van der Waals surface area contributed by atoms with Crippen LogP contribution in [0, 0.1) is 5.92 Å². The summed E-state index contributed by atoms with van der Waals surface area (Å²) in [5.74, 6) is 3.33. The quantitative estimate of drug-likeness (QED) is 0.742. The number of hydrogen-bond acceptors (Lipinski definition) is 2. The van der Waals surface area contributed by atoms with Crippen LogP contribution in [0.5, 0.6) is 0 Å². The third-order valence-corrected chi connectivity index (χ3v) is 3.08. The molecule has 1 aromatic heterocycles. The van der Waals surface area contributed by atoms with Gasteiger partial charge in [0.2, 0.25) is 0 Å². The molecule has 0 saturated carbocycles. The van der Waals surface area contributed by atoms with Crippen LogP contribution < -0.4 is 0 Å². The van der Waals surface area contributed by atoms with E-state index in [1.54, 1.807) is 0 Å². The maximum absolute atomic E-state index is 5.85.